The van der Waals surface area contributed by atoms with Crippen LogP contribution in [0, 0.1) is 5.92 Å². The first kappa shape index (κ1) is 16.4. The smallest absolute Gasteiger partial charge is 0.308 e. The van der Waals surface area contributed by atoms with Crippen LogP contribution < -0.4 is 5.32 Å². The largest absolute Gasteiger partial charge is 0.469 e. The van der Waals surface area contributed by atoms with E-state index in [1.807, 2.05) is 30.3 Å². The highest BCUT2D eigenvalue weighted by molar-refractivity contribution is 8.04. The summed E-state index contributed by atoms with van der Waals surface area (Å²) < 4.78 is 4.83. The van der Waals surface area contributed by atoms with Gasteiger partial charge < -0.3 is 10.1 Å². The fraction of sp³-hybridized carbons (Fsp3) is 0.412. The standard InChI is InChI=1S/C17H18ClNO3S/c1-22-17(21)11-5-6-14-13(9-11)19-16(20)15(23-14)8-10-3-2-4-12(18)7-10/h2-4,7-8,11,13-14H,5-6,9H2,1H3,(H,19,20)/b15-8-. The van der Waals surface area contributed by atoms with Gasteiger partial charge in [-0.3, -0.25) is 9.59 Å². The van der Waals surface area contributed by atoms with Gasteiger partial charge in [-0.15, -0.1) is 11.8 Å². The number of hydrogen-bond acceptors (Lipinski definition) is 4. The summed E-state index contributed by atoms with van der Waals surface area (Å²) >= 11 is 7.59. The second kappa shape index (κ2) is 6.97. The molecule has 23 heavy (non-hydrogen) atoms. The lowest BCUT2D eigenvalue weighted by atomic mass is 9.85. The van der Waals surface area contributed by atoms with Crippen molar-refractivity contribution < 1.29 is 14.3 Å². The highest BCUT2D eigenvalue weighted by Crippen LogP contribution is 2.40. The summed E-state index contributed by atoms with van der Waals surface area (Å²) in [4.78, 5) is 24.7. The van der Waals surface area contributed by atoms with Crippen LogP contribution in [0.5, 0.6) is 0 Å². The van der Waals surface area contributed by atoms with E-state index in [1.165, 1.54) is 7.11 Å². The van der Waals surface area contributed by atoms with Crippen molar-refractivity contribution in [1.82, 2.24) is 5.32 Å². The molecule has 0 aromatic heterocycles. The quantitative estimate of drug-likeness (QED) is 0.656. The molecule has 3 atom stereocenters. The number of hydrogen-bond donors (Lipinski definition) is 1. The van der Waals surface area contributed by atoms with Gasteiger partial charge in [-0.1, -0.05) is 23.7 Å². The molecule has 3 rings (SSSR count). The maximum atomic E-state index is 12.3. The van der Waals surface area contributed by atoms with Crippen LogP contribution in [0.3, 0.4) is 0 Å². The number of methoxy groups -OCH3 is 1. The monoisotopic (exact) mass is 351 g/mol. The molecule has 1 saturated heterocycles. The van der Waals surface area contributed by atoms with Gasteiger partial charge in [0.2, 0.25) is 0 Å². The molecule has 1 aromatic carbocycles. The normalized spacial score (nSPS) is 28.9. The van der Waals surface area contributed by atoms with Crippen molar-refractivity contribution in [2.75, 3.05) is 7.11 Å². The zero-order chi connectivity index (χ0) is 16.4. The molecule has 0 spiro atoms. The van der Waals surface area contributed by atoms with Gasteiger partial charge in [0.05, 0.1) is 17.9 Å². The average Bonchev–Trinajstić information content (AvgIpc) is 2.54. The second-order valence-corrected chi connectivity index (χ2v) is 7.55. The Hall–Kier alpha value is -1.46. The second-order valence-electron chi connectivity index (χ2n) is 5.83. The van der Waals surface area contributed by atoms with Crippen molar-refractivity contribution in [2.45, 2.75) is 30.6 Å². The molecule has 3 unspecified atom stereocenters. The lowest BCUT2D eigenvalue weighted by Gasteiger charge is -2.38. The van der Waals surface area contributed by atoms with Crippen molar-refractivity contribution in [2.24, 2.45) is 5.92 Å². The zero-order valence-corrected chi connectivity index (χ0v) is 14.3. The zero-order valence-electron chi connectivity index (χ0n) is 12.8. The van der Waals surface area contributed by atoms with Crippen LogP contribution in [-0.2, 0) is 14.3 Å². The summed E-state index contributed by atoms with van der Waals surface area (Å²) in [6, 6.07) is 7.46. The molecule has 0 radical (unpaired) electrons. The molecule has 1 saturated carbocycles. The van der Waals surface area contributed by atoms with Gasteiger partial charge in [0, 0.05) is 16.3 Å². The molecule has 1 aliphatic heterocycles. The van der Waals surface area contributed by atoms with E-state index in [0.29, 0.717) is 21.6 Å². The predicted molar refractivity (Wildman–Crippen MR) is 92.1 cm³/mol. The number of rotatable bonds is 2. The van der Waals surface area contributed by atoms with Gasteiger partial charge in [-0.25, -0.2) is 0 Å². The molecule has 0 bridgehead atoms. The van der Waals surface area contributed by atoms with Gasteiger partial charge in [0.15, 0.2) is 0 Å². The number of fused-ring (bicyclic) bond motifs is 1. The third-order valence-corrected chi connectivity index (χ3v) is 5.95. The van der Waals surface area contributed by atoms with E-state index in [9.17, 15) is 9.59 Å². The lowest BCUT2D eigenvalue weighted by Crippen LogP contribution is -2.50. The number of amides is 1. The van der Waals surface area contributed by atoms with Crippen LogP contribution in [0.25, 0.3) is 6.08 Å². The van der Waals surface area contributed by atoms with Gasteiger partial charge in [0.25, 0.3) is 5.91 Å². The van der Waals surface area contributed by atoms with E-state index in [2.05, 4.69) is 5.32 Å². The van der Waals surface area contributed by atoms with Crippen LogP contribution in [0.4, 0.5) is 0 Å². The number of ether oxygens (including phenoxy) is 1. The summed E-state index contributed by atoms with van der Waals surface area (Å²) in [6.45, 7) is 0. The molecule has 122 valence electrons. The Labute approximate surface area is 144 Å². The minimum atomic E-state index is -0.178. The van der Waals surface area contributed by atoms with Crippen molar-refractivity contribution in [1.29, 1.82) is 0 Å². The SMILES string of the molecule is COC(=O)C1CCC2S/C(=C\c3cccc(Cl)c3)C(=O)NC2C1. The average molecular weight is 352 g/mol. The van der Waals surface area contributed by atoms with Crippen LogP contribution in [0.1, 0.15) is 24.8 Å². The molecule has 2 fully saturated rings. The molecule has 1 aromatic rings. The number of carbonyl (C=O) groups is 2. The lowest BCUT2D eigenvalue weighted by molar-refractivity contribution is -0.147. The number of carbonyl (C=O) groups excluding carboxylic acids is 2. The number of nitrogens with one attached hydrogen (secondary N) is 1. The first-order valence-corrected chi connectivity index (χ1v) is 8.85. The van der Waals surface area contributed by atoms with Gasteiger partial charge in [-0.2, -0.15) is 0 Å². The number of benzene rings is 1. The number of halogens is 1. The van der Waals surface area contributed by atoms with E-state index in [1.54, 1.807) is 11.8 Å². The molecule has 1 N–H and O–H groups in total. The number of esters is 1. The number of thioether (sulfide) groups is 1. The molecule has 4 nitrogen and oxygen atoms in total. The highest BCUT2D eigenvalue weighted by Gasteiger charge is 2.39. The molecule has 1 heterocycles. The van der Waals surface area contributed by atoms with Crippen LogP contribution in [0.15, 0.2) is 29.2 Å². The van der Waals surface area contributed by atoms with Crippen molar-refractivity contribution >= 4 is 41.3 Å². The Bertz CT molecular complexity index is 661. The first-order chi connectivity index (χ1) is 11.1. The van der Waals surface area contributed by atoms with E-state index < -0.39 is 0 Å². The van der Waals surface area contributed by atoms with E-state index in [-0.39, 0.29) is 23.8 Å². The van der Waals surface area contributed by atoms with E-state index in [4.69, 9.17) is 16.3 Å². The minimum absolute atomic E-state index is 0.0295. The fourth-order valence-corrected chi connectivity index (χ4v) is 4.61. The maximum Gasteiger partial charge on any atom is 0.308 e. The Kier molecular flexibility index (Phi) is 4.97. The van der Waals surface area contributed by atoms with Crippen molar-refractivity contribution in [3.05, 3.63) is 39.8 Å². The third kappa shape index (κ3) is 3.72. The molecule has 2 aliphatic rings. The summed E-state index contributed by atoms with van der Waals surface area (Å²) in [7, 11) is 1.41. The molecule has 1 aliphatic carbocycles. The van der Waals surface area contributed by atoms with Crippen molar-refractivity contribution in [3.8, 4) is 0 Å². The topological polar surface area (TPSA) is 55.4 Å². The van der Waals surface area contributed by atoms with Gasteiger partial charge in [0.1, 0.15) is 0 Å². The summed E-state index contributed by atoms with van der Waals surface area (Å²) in [5.74, 6) is -0.370. The summed E-state index contributed by atoms with van der Waals surface area (Å²) in [5, 5.41) is 4.00. The molecule has 1 amide bonds. The molecular formula is C17H18ClNO3S. The Morgan fingerprint density at radius 1 is 1.43 bits per heavy atom. The Morgan fingerprint density at radius 2 is 2.26 bits per heavy atom. The van der Waals surface area contributed by atoms with Crippen LogP contribution in [0.2, 0.25) is 5.02 Å². The summed E-state index contributed by atoms with van der Waals surface area (Å²) in [5.41, 5.74) is 0.914. The Balaban J connectivity index is 1.73. The van der Waals surface area contributed by atoms with E-state index >= 15 is 0 Å². The van der Waals surface area contributed by atoms with E-state index in [0.717, 1.165) is 18.4 Å². The maximum absolute atomic E-state index is 12.3. The molecular weight excluding hydrogens is 334 g/mol. The van der Waals surface area contributed by atoms with Crippen LogP contribution >= 0.6 is 23.4 Å². The van der Waals surface area contributed by atoms with Gasteiger partial charge >= 0.3 is 5.97 Å². The Morgan fingerprint density at radius 3 is 3.00 bits per heavy atom. The van der Waals surface area contributed by atoms with Gasteiger partial charge in [-0.05, 0) is 43.0 Å². The predicted octanol–water partition coefficient (Wildman–Crippen LogP) is 3.25. The highest BCUT2D eigenvalue weighted by atomic mass is 35.5. The van der Waals surface area contributed by atoms with Crippen LogP contribution in [-0.4, -0.2) is 30.3 Å². The van der Waals surface area contributed by atoms with Crippen molar-refractivity contribution in [3.63, 3.8) is 0 Å². The fourth-order valence-electron chi connectivity index (χ4n) is 3.12. The first-order valence-electron chi connectivity index (χ1n) is 7.59. The minimum Gasteiger partial charge on any atom is -0.469 e. The third-order valence-electron chi connectivity index (χ3n) is 4.29. The summed E-state index contributed by atoms with van der Waals surface area (Å²) in [6.07, 6.45) is 4.22. The molecule has 6 heteroatoms.